The quantitative estimate of drug-likeness (QED) is 0.585. The van der Waals surface area contributed by atoms with Crippen molar-refractivity contribution in [1.29, 1.82) is 0 Å². The summed E-state index contributed by atoms with van der Waals surface area (Å²) in [4.78, 5) is 4.54. The smallest absolute Gasteiger partial charge is 0.207 e. The lowest BCUT2D eigenvalue weighted by Crippen LogP contribution is -2.09. The van der Waals surface area contributed by atoms with Crippen molar-refractivity contribution in [2.45, 2.75) is 20.3 Å². The monoisotopic (exact) mass is 385 g/mol. The average molecular weight is 385 g/mol. The molecule has 2 aromatic rings. The van der Waals surface area contributed by atoms with Crippen LogP contribution in [0.3, 0.4) is 0 Å². The molecule has 1 heterocycles. The van der Waals surface area contributed by atoms with Gasteiger partial charge >= 0.3 is 0 Å². The van der Waals surface area contributed by atoms with E-state index in [9.17, 15) is 0 Å². The van der Waals surface area contributed by atoms with Crippen molar-refractivity contribution in [2.24, 2.45) is 0 Å². The highest BCUT2D eigenvalue weighted by molar-refractivity contribution is 14.1. The third-order valence-electron chi connectivity index (χ3n) is 2.88. The van der Waals surface area contributed by atoms with Crippen molar-refractivity contribution in [2.75, 3.05) is 25.1 Å². The number of nitrogens with zero attached hydrogens (tertiary/aromatic N) is 2. The van der Waals surface area contributed by atoms with Crippen molar-refractivity contribution >= 4 is 28.5 Å². The number of hydrogen-bond acceptors (Lipinski definition) is 3. The molecule has 20 heavy (non-hydrogen) atoms. The Morgan fingerprint density at radius 3 is 2.75 bits per heavy atom. The zero-order chi connectivity index (χ0) is 14.4. The summed E-state index contributed by atoms with van der Waals surface area (Å²) in [7, 11) is 0. The highest BCUT2D eigenvalue weighted by atomic mass is 127. The predicted molar refractivity (Wildman–Crippen MR) is 90.6 cm³/mol. The minimum atomic E-state index is 0.774. The molecule has 0 atom stereocenters. The van der Waals surface area contributed by atoms with Gasteiger partial charge in [-0.1, -0.05) is 0 Å². The largest absolute Gasteiger partial charge is 0.382 e. The van der Waals surface area contributed by atoms with Gasteiger partial charge in [0.2, 0.25) is 5.95 Å². The topological polar surface area (TPSA) is 39.1 Å². The van der Waals surface area contributed by atoms with Gasteiger partial charge < -0.3 is 10.1 Å². The second-order valence-electron chi connectivity index (χ2n) is 4.53. The highest BCUT2D eigenvalue weighted by Gasteiger charge is 2.06. The molecule has 0 aliphatic rings. The fraction of sp³-hybridized carbons (Fsp3) is 0.400. The van der Waals surface area contributed by atoms with Crippen LogP contribution >= 0.6 is 22.6 Å². The number of halogens is 1. The Hall–Kier alpha value is -1.08. The molecule has 1 aromatic carbocycles. The van der Waals surface area contributed by atoms with Crippen LogP contribution in [0, 0.1) is 10.5 Å². The molecule has 0 spiro atoms. The van der Waals surface area contributed by atoms with E-state index in [2.05, 4.69) is 61.7 Å². The lowest BCUT2D eigenvalue weighted by Gasteiger charge is -2.10. The number of nitrogens with one attached hydrogen (secondary N) is 1. The third kappa shape index (κ3) is 4.21. The molecule has 1 N–H and O–H groups in total. The molecule has 0 aliphatic carbocycles. The van der Waals surface area contributed by atoms with E-state index in [0.29, 0.717) is 0 Å². The van der Waals surface area contributed by atoms with Crippen molar-refractivity contribution in [3.8, 4) is 5.69 Å². The summed E-state index contributed by atoms with van der Waals surface area (Å²) in [5, 5.41) is 3.38. The summed E-state index contributed by atoms with van der Waals surface area (Å²) in [6, 6.07) is 8.41. The van der Waals surface area contributed by atoms with Crippen molar-refractivity contribution < 1.29 is 4.74 Å². The zero-order valence-electron chi connectivity index (χ0n) is 11.9. The maximum Gasteiger partial charge on any atom is 0.207 e. The van der Waals surface area contributed by atoms with Gasteiger partial charge in [-0.3, -0.25) is 4.57 Å². The van der Waals surface area contributed by atoms with Crippen LogP contribution in [-0.2, 0) is 4.74 Å². The van der Waals surface area contributed by atoms with Crippen LogP contribution in [0.5, 0.6) is 0 Å². The van der Waals surface area contributed by atoms with Gasteiger partial charge in [0.15, 0.2) is 0 Å². The number of ether oxygens (including phenoxy) is 1. The molecular weight excluding hydrogens is 365 g/mol. The predicted octanol–water partition coefficient (Wildman–Crippen LogP) is 3.62. The minimum Gasteiger partial charge on any atom is -0.382 e. The van der Waals surface area contributed by atoms with Crippen LogP contribution in [0.4, 0.5) is 5.95 Å². The van der Waals surface area contributed by atoms with E-state index in [-0.39, 0.29) is 0 Å². The van der Waals surface area contributed by atoms with E-state index < -0.39 is 0 Å². The molecule has 4 nitrogen and oxygen atoms in total. The van der Waals surface area contributed by atoms with Crippen molar-refractivity contribution in [3.05, 3.63) is 39.7 Å². The van der Waals surface area contributed by atoms with E-state index >= 15 is 0 Å². The normalized spacial score (nSPS) is 10.8. The maximum atomic E-state index is 5.34. The third-order valence-corrected chi connectivity index (χ3v) is 3.60. The molecule has 108 valence electrons. The molecule has 0 radical (unpaired) electrons. The molecule has 0 unspecified atom stereocenters. The van der Waals surface area contributed by atoms with Crippen molar-refractivity contribution in [3.63, 3.8) is 0 Å². The van der Waals surface area contributed by atoms with E-state index in [1.54, 1.807) is 0 Å². The van der Waals surface area contributed by atoms with Crippen LogP contribution in [-0.4, -0.2) is 29.3 Å². The zero-order valence-corrected chi connectivity index (χ0v) is 14.1. The Labute approximate surface area is 133 Å². The van der Waals surface area contributed by atoms with Gasteiger partial charge in [-0.25, -0.2) is 4.98 Å². The Morgan fingerprint density at radius 1 is 1.30 bits per heavy atom. The van der Waals surface area contributed by atoms with Gasteiger partial charge in [0.1, 0.15) is 0 Å². The van der Waals surface area contributed by atoms with Gasteiger partial charge in [0.25, 0.3) is 0 Å². The van der Waals surface area contributed by atoms with Crippen LogP contribution in [0.2, 0.25) is 0 Å². The van der Waals surface area contributed by atoms with Gasteiger partial charge in [-0.05, 0) is 67.1 Å². The first kappa shape index (κ1) is 15.3. The number of rotatable bonds is 7. The summed E-state index contributed by atoms with van der Waals surface area (Å²) >= 11 is 2.31. The SMILES string of the molecule is CCOCCCNc1nc(C)cn1-c1ccc(I)cc1. The molecule has 0 saturated heterocycles. The maximum absolute atomic E-state index is 5.34. The van der Waals surface area contributed by atoms with Gasteiger partial charge in [0, 0.05) is 35.2 Å². The molecule has 0 saturated carbocycles. The van der Waals surface area contributed by atoms with Crippen molar-refractivity contribution in [1.82, 2.24) is 9.55 Å². The van der Waals surface area contributed by atoms with Crippen LogP contribution in [0.1, 0.15) is 19.0 Å². The Morgan fingerprint density at radius 2 is 2.05 bits per heavy atom. The van der Waals surface area contributed by atoms with Crippen LogP contribution < -0.4 is 5.32 Å². The summed E-state index contributed by atoms with van der Waals surface area (Å²) in [5.74, 6) is 0.889. The number of benzene rings is 1. The fourth-order valence-corrected chi connectivity index (χ4v) is 2.30. The van der Waals surface area contributed by atoms with E-state index in [0.717, 1.165) is 43.5 Å². The van der Waals surface area contributed by atoms with Gasteiger partial charge in [-0.15, -0.1) is 0 Å². The number of aryl methyl sites for hydroxylation is 1. The summed E-state index contributed by atoms with van der Waals surface area (Å²) in [6.07, 6.45) is 3.03. The molecule has 0 amide bonds. The Balaban J connectivity index is 2.04. The molecule has 0 aliphatic heterocycles. The first-order valence-corrected chi connectivity index (χ1v) is 7.92. The summed E-state index contributed by atoms with van der Waals surface area (Å²) in [5.41, 5.74) is 2.13. The second-order valence-corrected chi connectivity index (χ2v) is 5.78. The Bertz CT molecular complexity index is 537. The Kier molecular flexibility index (Phi) is 5.85. The molecule has 1 aromatic heterocycles. The standard InChI is InChI=1S/C15H20IN3O/c1-3-20-10-4-9-17-15-18-12(2)11-19(15)14-7-5-13(16)6-8-14/h5-8,11H,3-4,9-10H2,1-2H3,(H,17,18). The van der Waals surface area contributed by atoms with E-state index in [1.165, 1.54) is 3.57 Å². The first-order chi connectivity index (χ1) is 9.70. The summed E-state index contributed by atoms with van der Waals surface area (Å²) in [6.45, 7) is 6.44. The average Bonchev–Trinajstić information content (AvgIpc) is 2.80. The lowest BCUT2D eigenvalue weighted by molar-refractivity contribution is 0.147. The molecular formula is C15H20IN3O. The molecule has 2 rings (SSSR count). The molecule has 5 heteroatoms. The number of aromatic nitrogens is 2. The second kappa shape index (κ2) is 7.64. The summed E-state index contributed by atoms with van der Waals surface area (Å²) < 4.78 is 8.66. The van der Waals surface area contributed by atoms with Crippen LogP contribution in [0.15, 0.2) is 30.5 Å². The molecule has 0 bridgehead atoms. The number of imidazole rings is 1. The van der Waals surface area contributed by atoms with Crippen LogP contribution in [0.25, 0.3) is 5.69 Å². The lowest BCUT2D eigenvalue weighted by atomic mass is 10.3. The van der Waals surface area contributed by atoms with E-state index in [1.807, 2.05) is 20.0 Å². The highest BCUT2D eigenvalue weighted by Crippen LogP contribution is 2.17. The van der Waals surface area contributed by atoms with Gasteiger partial charge in [0.05, 0.1) is 5.69 Å². The fourth-order valence-electron chi connectivity index (χ4n) is 1.94. The number of anilines is 1. The number of hydrogen-bond donors (Lipinski definition) is 1. The van der Waals surface area contributed by atoms with E-state index in [4.69, 9.17) is 4.74 Å². The first-order valence-electron chi connectivity index (χ1n) is 6.84. The van der Waals surface area contributed by atoms with Gasteiger partial charge in [-0.2, -0.15) is 0 Å². The molecule has 0 fully saturated rings. The minimum absolute atomic E-state index is 0.774.